The van der Waals surface area contributed by atoms with Crippen molar-refractivity contribution < 1.29 is 13.9 Å². The molecule has 19 heavy (non-hydrogen) atoms. The lowest BCUT2D eigenvalue weighted by Gasteiger charge is -2.30. The fourth-order valence-electron chi connectivity index (χ4n) is 1.62. The number of hydrogen-bond acceptors (Lipinski definition) is 2. The Morgan fingerprint density at radius 1 is 1.26 bits per heavy atom. The maximum atomic E-state index is 13.5. The first-order chi connectivity index (χ1) is 8.74. The third-order valence-electron chi connectivity index (χ3n) is 3.80. The first-order valence-corrected chi connectivity index (χ1v) is 6.58. The van der Waals surface area contributed by atoms with Crippen LogP contribution < -0.4 is 5.32 Å². The Hall–Kier alpha value is -1.00. The average molecular weight is 271 g/mol. The van der Waals surface area contributed by atoms with E-state index >= 15 is 0 Å². The van der Waals surface area contributed by atoms with Crippen molar-refractivity contribution in [1.29, 1.82) is 0 Å². The minimum Gasteiger partial charge on any atom is -0.387 e. The van der Waals surface area contributed by atoms with Crippen LogP contribution in [-0.4, -0.2) is 18.2 Å². The van der Waals surface area contributed by atoms with E-state index in [0.29, 0.717) is 5.92 Å². The van der Waals surface area contributed by atoms with Crippen LogP contribution in [0.4, 0.5) is 8.78 Å². The molecule has 0 aromatic heterocycles. The van der Waals surface area contributed by atoms with Crippen LogP contribution in [0.25, 0.3) is 0 Å². The molecule has 0 saturated heterocycles. The molecule has 0 fully saturated rings. The fourth-order valence-corrected chi connectivity index (χ4v) is 1.62. The van der Waals surface area contributed by atoms with Gasteiger partial charge in [0.2, 0.25) is 0 Å². The highest BCUT2D eigenvalue weighted by atomic mass is 19.1. The van der Waals surface area contributed by atoms with E-state index in [-0.39, 0.29) is 17.5 Å². The Morgan fingerprint density at radius 3 is 2.42 bits per heavy atom. The minimum absolute atomic E-state index is 0.0983. The molecule has 1 unspecified atom stereocenters. The second-order valence-corrected chi connectivity index (χ2v) is 5.96. The summed E-state index contributed by atoms with van der Waals surface area (Å²) in [6.07, 6.45) is -0.969. The van der Waals surface area contributed by atoms with Crippen molar-refractivity contribution in [3.05, 3.63) is 35.4 Å². The van der Waals surface area contributed by atoms with Crippen LogP contribution in [-0.2, 0) is 0 Å². The standard InChI is InChI=1S/C15H23F2NO/c1-10(2)15(3,4)9-18-8-14(19)12-6-5-11(16)7-13(12)17/h5-7,10,14,18-19H,8-9H2,1-4H3. The van der Waals surface area contributed by atoms with Crippen molar-refractivity contribution in [2.45, 2.75) is 33.8 Å². The highest BCUT2D eigenvalue weighted by molar-refractivity contribution is 5.21. The van der Waals surface area contributed by atoms with E-state index in [1.807, 2.05) is 0 Å². The zero-order valence-electron chi connectivity index (χ0n) is 12.0. The van der Waals surface area contributed by atoms with Crippen LogP contribution in [0.5, 0.6) is 0 Å². The lowest BCUT2D eigenvalue weighted by Crippen LogP contribution is -2.35. The van der Waals surface area contributed by atoms with Gasteiger partial charge in [-0.25, -0.2) is 8.78 Å². The molecular weight excluding hydrogens is 248 g/mol. The maximum Gasteiger partial charge on any atom is 0.131 e. The predicted molar refractivity (Wildman–Crippen MR) is 72.8 cm³/mol. The first kappa shape index (κ1) is 16.1. The van der Waals surface area contributed by atoms with E-state index in [1.165, 1.54) is 6.07 Å². The average Bonchev–Trinajstić information content (AvgIpc) is 2.28. The fraction of sp³-hybridized carbons (Fsp3) is 0.600. The number of aliphatic hydroxyl groups excluding tert-OH is 1. The van der Waals surface area contributed by atoms with E-state index in [2.05, 4.69) is 33.0 Å². The molecule has 1 aromatic carbocycles. The molecule has 0 bridgehead atoms. The molecular formula is C15H23F2NO. The summed E-state index contributed by atoms with van der Waals surface area (Å²) in [5.41, 5.74) is 0.220. The van der Waals surface area contributed by atoms with Gasteiger partial charge in [0.25, 0.3) is 0 Å². The van der Waals surface area contributed by atoms with E-state index in [9.17, 15) is 13.9 Å². The lowest BCUT2D eigenvalue weighted by molar-refractivity contribution is 0.156. The number of halogens is 2. The summed E-state index contributed by atoms with van der Waals surface area (Å²) in [5.74, 6) is -0.848. The van der Waals surface area contributed by atoms with Gasteiger partial charge in [-0.3, -0.25) is 0 Å². The number of aliphatic hydroxyl groups is 1. The molecule has 1 rings (SSSR count). The van der Waals surface area contributed by atoms with Gasteiger partial charge in [-0.15, -0.1) is 0 Å². The third kappa shape index (κ3) is 4.55. The lowest BCUT2D eigenvalue weighted by atomic mass is 9.81. The first-order valence-electron chi connectivity index (χ1n) is 6.58. The monoisotopic (exact) mass is 271 g/mol. The molecule has 0 heterocycles. The van der Waals surface area contributed by atoms with E-state index < -0.39 is 17.7 Å². The maximum absolute atomic E-state index is 13.5. The topological polar surface area (TPSA) is 32.3 Å². The Morgan fingerprint density at radius 2 is 1.89 bits per heavy atom. The second kappa shape index (κ2) is 6.44. The number of benzene rings is 1. The van der Waals surface area contributed by atoms with Crippen molar-refractivity contribution in [3.63, 3.8) is 0 Å². The van der Waals surface area contributed by atoms with Crippen LogP contribution in [0.3, 0.4) is 0 Å². The normalized spacial score (nSPS) is 13.9. The smallest absolute Gasteiger partial charge is 0.131 e. The van der Waals surface area contributed by atoms with Gasteiger partial charge in [-0.2, -0.15) is 0 Å². The second-order valence-electron chi connectivity index (χ2n) is 5.96. The summed E-state index contributed by atoms with van der Waals surface area (Å²) < 4.78 is 26.2. The summed E-state index contributed by atoms with van der Waals surface area (Å²) in [5, 5.41) is 13.0. The van der Waals surface area contributed by atoms with E-state index in [0.717, 1.165) is 18.7 Å². The zero-order chi connectivity index (χ0) is 14.6. The zero-order valence-corrected chi connectivity index (χ0v) is 12.0. The quantitative estimate of drug-likeness (QED) is 0.832. The Kier molecular flexibility index (Phi) is 5.44. The molecule has 1 aromatic rings. The number of hydrogen-bond donors (Lipinski definition) is 2. The summed E-state index contributed by atoms with van der Waals surface area (Å²) in [6, 6.07) is 3.22. The molecule has 4 heteroatoms. The molecule has 0 aliphatic heterocycles. The molecule has 0 aliphatic carbocycles. The van der Waals surface area contributed by atoms with Gasteiger partial charge in [-0.05, 0) is 17.4 Å². The van der Waals surface area contributed by atoms with Crippen LogP contribution >= 0.6 is 0 Å². The largest absolute Gasteiger partial charge is 0.387 e. The molecule has 2 N–H and O–H groups in total. The molecule has 0 spiro atoms. The Labute approximate surface area is 113 Å². The van der Waals surface area contributed by atoms with Crippen LogP contribution in [0.2, 0.25) is 0 Å². The van der Waals surface area contributed by atoms with Gasteiger partial charge >= 0.3 is 0 Å². The molecule has 0 radical (unpaired) electrons. The highest BCUT2D eigenvalue weighted by Gasteiger charge is 2.22. The summed E-state index contributed by atoms with van der Waals surface area (Å²) in [4.78, 5) is 0. The molecule has 0 amide bonds. The van der Waals surface area contributed by atoms with Gasteiger partial charge in [0.05, 0.1) is 6.10 Å². The number of rotatable bonds is 6. The van der Waals surface area contributed by atoms with Crippen LogP contribution in [0, 0.1) is 23.0 Å². The SMILES string of the molecule is CC(C)C(C)(C)CNCC(O)c1ccc(F)cc1F. The van der Waals surface area contributed by atoms with Crippen molar-refractivity contribution in [3.8, 4) is 0 Å². The Balaban J connectivity index is 2.54. The molecule has 0 aliphatic rings. The predicted octanol–water partition coefficient (Wildman–Crippen LogP) is 3.27. The highest BCUT2D eigenvalue weighted by Crippen LogP contribution is 2.25. The third-order valence-corrected chi connectivity index (χ3v) is 3.80. The minimum atomic E-state index is -0.969. The summed E-state index contributed by atoms with van der Waals surface area (Å²) >= 11 is 0. The van der Waals surface area contributed by atoms with Crippen LogP contribution in [0.1, 0.15) is 39.4 Å². The molecule has 108 valence electrons. The van der Waals surface area contributed by atoms with Crippen molar-refractivity contribution >= 4 is 0 Å². The summed E-state index contributed by atoms with van der Waals surface area (Å²) in [7, 11) is 0. The van der Waals surface area contributed by atoms with Crippen molar-refractivity contribution in [2.75, 3.05) is 13.1 Å². The van der Waals surface area contributed by atoms with E-state index in [4.69, 9.17) is 0 Å². The van der Waals surface area contributed by atoms with Gasteiger partial charge in [-0.1, -0.05) is 33.8 Å². The van der Waals surface area contributed by atoms with Crippen molar-refractivity contribution in [1.82, 2.24) is 5.32 Å². The molecule has 2 nitrogen and oxygen atoms in total. The van der Waals surface area contributed by atoms with Gasteiger partial charge in [0.1, 0.15) is 11.6 Å². The van der Waals surface area contributed by atoms with Gasteiger partial charge in [0, 0.05) is 24.7 Å². The number of nitrogens with one attached hydrogen (secondary N) is 1. The van der Waals surface area contributed by atoms with E-state index in [1.54, 1.807) is 0 Å². The summed E-state index contributed by atoms with van der Waals surface area (Å²) in [6.45, 7) is 9.52. The van der Waals surface area contributed by atoms with Gasteiger partial charge < -0.3 is 10.4 Å². The molecule has 0 saturated carbocycles. The molecule has 1 atom stereocenters. The van der Waals surface area contributed by atoms with Gasteiger partial charge in [0.15, 0.2) is 0 Å². The van der Waals surface area contributed by atoms with Crippen LogP contribution in [0.15, 0.2) is 18.2 Å². The van der Waals surface area contributed by atoms with Crippen molar-refractivity contribution in [2.24, 2.45) is 11.3 Å². The Bertz CT molecular complexity index is 419.